The summed E-state index contributed by atoms with van der Waals surface area (Å²) in [6.07, 6.45) is 13.5. The van der Waals surface area contributed by atoms with Gasteiger partial charge in [0.1, 0.15) is 11.8 Å². The van der Waals surface area contributed by atoms with Crippen molar-refractivity contribution in [2.24, 2.45) is 0 Å². The number of methoxy groups -OCH3 is 1. The van der Waals surface area contributed by atoms with Crippen molar-refractivity contribution in [1.82, 2.24) is 24.9 Å². The smallest absolute Gasteiger partial charge is 0.253 e. The Bertz CT molecular complexity index is 949. The number of ether oxygens (including phenoxy) is 1. The van der Waals surface area contributed by atoms with Gasteiger partial charge in [-0.15, -0.1) is 0 Å². The number of pyridine rings is 1. The summed E-state index contributed by atoms with van der Waals surface area (Å²) in [7, 11) is 3.10. The van der Waals surface area contributed by atoms with Gasteiger partial charge in [-0.1, -0.05) is 44.9 Å². The summed E-state index contributed by atoms with van der Waals surface area (Å²) in [6.45, 7) is 0. The molecule has 1 amide bonds. The van der Waals surface area contributed by atoms with Gasteiger partial charge in [-0.2, -0.15) is 5.10 Å². The summed E-state index contributed by atoms with van der Waals surface area (Å²) in [5, 5.41) is 6.78. The third kappa shape index (κ3) is 4.82. The minimum absolute atomic E-state index is 0.237. The van der Waals surface area contributed by atoms with E-state index < -0.39 is 0 Å². The monoisotopic (exact) mass is 396 g/mol. The number of hydrogen-bond acceptors (Lipinski definition) is 6. The van der Waals surface area contributed by atoms with Crippen molar-refractivity contribution < 1.29 is 9.53 Å². The summed E-state index contributed by atoms with van der Waals surface area (Å²) >= 11 is 0. The molecule has 0 saturated heterocycles. The molecular weight excluding hydrogens is 368 g/mol. The fourth-order valence-corrected chi connectivity index (χ4v) is 3.50. The number of hydrogen-bond donors (Lipinski definition) is 2. The van der Waals surface area contributed by atoms with E-state index in [1.54, 1.807) is 43.1 Å². The van der Waals surface area contributed by atoms with Crippen molar-refractivity contribution in [3.05, 3.63) is 36.3 Å². The van der Waals surface area contributed by atoms with Gasteiger partial charge in [0.05, 0.1) is 18.4 Å². The summed E-state index contributed by atoms with van der Waals surface area (Å²) in [4.78, 5) is 20.1. The maximum Gasteiger partial charge on any atom is 0.253 e. The van der Waals surface area contributed by atoms with Gasteiger partial charge in [-0.25, -0.2) is 14.5 Å². The molecule has 29 heavy (non-hydrogen) atoms. The fourth-order valence-electron chi connectivity index (χ4n) is 3.50. The SMILES string of the molecule is C1CCCCCC1.CNC(=O)c1cc(-c2ccnc(OC)c2)n2ncnc(N)c12. The van der Waals surface area contributed by atoms with Crippen LogP contribution in [0.25, 0.3) is 16.8 Å². The van der Waals surface area contributed by atoms with Crippen LogP contribution >= 0.6 is 0 Å². The molecule has 1 fully saturated rings. The lowest BCUT2D eigenvalue weighted by molar-refractivity contribution is 0.0965. The Morgan fingerprint density at radius 1 is 1.10 bits per heavy atom. The van der Waals surface area contributed by atoms with Gasteiger partial charge in [0.25, 0.3) is 5.91 Å². The maximum absolute atomic E-state index is 12.1. The summed E-state index contributed by atoms with van der Waals surface area (Å²) in [5.74, 6) is 0.447. The van der Waals surface area contributed by atoms with E-state index in [4.69, 9.17) is 10.5 Å². The van der Waals surface area contributed by atoms with Crippen LogP contribution in [0.5, 0.6) is 5.88 Å². The van der Waals surface area contributed by atoms with Gasteiger partial charge < -0.3 is 15.8 Å². The maximum atomic E-state index is 12.1. The average molecular weight is 396 g/mol. The fraction of sp³-hybridized carbons (Fsp3) is 0.429. The summed E-state index contributed by atoms with van der Waals surface area (Å²) in [6, 6.07) is 5.28. The number of rotatable bonds is 3. The number of carbonyl (C=O) groups is 1. The first-order chi connectivity index (χ1) is 14.2. The first-order valence-corrected chi connectivity index (χ1v) is 10.0. The number of nitrogens with zero attached hydrogens (tertiary/aromatic N) is 4. The van der Waals surface area contributed by atoms with Crippen molar-refractivity contribution in [1.29, 1.82) is 0 Å². The van der Waals surface area contributed by atoms with Gasteiger partial charge in [0.15, 0.2) is 5.82 Å². The minimum Gasteiger partial charge on any atom is -0.481 e. The Labute approximate surface area is 170 Å². The Balaban J connectivity index is 0.000000290. The van der Waals surface area contributed by atoms with E-state index in [9.17, 15) is 4.79 Å². The number of nitrogen functional groups attached to an aromatic ring is 1. The molecule has 0 bridgehead atoms. The molecule has 0 spiro atoms. The van der Waals surface area contributed by atoms with E-state index in [0.29, 0.717) is 22.7 Å². The second-order valence-corrected chi connectivity index (χ2v) is 6.99. The number of aromatic nitrogens is 4. The lowest BCUT2D eigenvalue weighted by Gasteiger charge is -2.04. The number of nitrogens with one attached hydrogen (secondary N) is 1. The van der Waals surface area contributed by atoms with Crippen LogP contribution in [0.15, 0.2) is 30.7 Å². The van der Waals surface area contributed by atoms with Crippen molar-refractivity contribution >= 4 is 17.2 Å². The first-order valence-electron chi connectivity index (χ1n) is 10.0. The molecule has 1 aliphatic carbocycles. The van der Waals surface area contributed by atoms with E-state index in [-0.39, 0.29) is 11.7 Å². The van der Waals surface area contributed by atoms with Crippen LogP contribution in [0, 0.1) is 0 Å². The molecule has 154 valence electrons. The average Bonchev–Trinajstić information content (AvgIpc) is 2.92. The molecule has 4 rings (SSSR count). The third-order valence-corrected chi connectivity index (χ3v) is 5.04. The Morgan fingerprint density at radius 2 is 1.76 bits per heavy atom. The molecular formula is C21H28N6O2. The molecule has 3 heterocycles. The van der Waals surface area contributed by atoms with Gasteiger partial charge in [0.2, 0.25) is 5.88 Å². The molecule has 3 N–H and O–H groups in total. The number of fused-ring (bicyclic) bond motifs is 1. The van der Waals surface area contributed by atoms with E-state index in [1.807, 2.05) is 0 Å². The highest BCUT2D eigenvalue weighted by Gasteiger charge is 2.19. The van der Waals surface area contributed by atoms with Crippen LogP contribution < -0.4 is 15.8 Å². The third-order valence-electron chi connectivity index (χ3n) is 5.04. The molecule has 0 unspecified atom stereocenters. The zero-order valence-corrected chi connectivity index (χ0v) is 17.0. The minimum atomic E-state index is -0.258. The van der Waals surface area contributed by atoms with E-state index >= 15 is 0 Å². The highest BCUT2D eigenvalue weighted by Crippen LogP contribution is 2.28. The zero-order valence-electron chi connectivity index (χ0n) is 17.0. The highest BCUT2D eigenvalue weighted by molar-refractivity contribution is 6.04. The first kappa shape index (κ1) is 20.6. The lowest BCUT2D eigenvalue weighted by Crippen LogP contribution is -2.18. The Kier molecular flexibility index (Phi) is 6.99. The standard InChI is InChI=1S/C14H14N6O2.C7H14/c1-16-14(21)9-6-10(8-3-4-17-11(5-8)22-2)20-12(9)13(15)18-7-19-20;1-2-4-6-7-5-3-1/h3-7H,1-2H3,(H,16,21)(H2,15,18,19);1-7H2. The predicted octanol–water partition coefficient (Wildman–Crippen LogP) is 3.47. The van der Waals surface area contributed by atoms with Crippen molar-refractivity contribution in [3.63, 3.8) is 0 Å². The molecule has 0 atom stereocenters. The second-order valence-electron chi connectivity index (χ2n) is 6.99. The Morgan fingerprint density at radius 3 is 2.34 bits per heavy atom. The largest absolute Gasteiger partial charge is 0.481 e. The molecule has 8 heteroatoms. The van der Waals surface area contributed by atoms with Crippen molar-refractivity contribution in [2.45, 2.75) is 44.9 Å². The van der Waals surface area contributed by atoms with E-state index in [0.717, 1.165) is 5.56 Å². The van der Waals surface area contributed by atoms with Crippen molar-refractivity contribution in [3.8, 4) is 17.1 Å². The summed E-state index contributed by atoms with van der Waals surface area (Å²) < 4.78 is 6.72. The molecule has 1 saturated carbocycles. The molecule has 0 aromatic carbocycles. The highest BCUT2D eigenvalue weighted by atomic mass is 16.5. The van der Waals surface area contributed by atoms with Gasteiger partial charge >= 0.3 is 0 Å². The van der Waals surface area contributed by atoms with Crippen LogP contribution in [0.4, 0.5) is 5.82 Å². The quantitative estimate of drug-likeness (QED) is 0.657. The van der Waals surface area contributed by atoms with Gasteiger partial charge in [0, 0.05) is 24.9 Å². The molecule has 3 aromatic heterocycles. The lowest BCUT2D eigenvalue weighted by atomic mass is 10.1. The topological polar surface area (TPSA) is 107 Å². The number of nitrogens with two attached hydrogens (primary N) is 1. The normalized spacial score (nSPS) is 13.9. The Hall–Kier alpha value is -3.16. The van der Waals surface area contributed by atoms with Crippen LogP contribution in [0.1, 0.15) is 55.3 Å². The zero-order chi connectivity index (χ0) is 20.6. The summed E-state index contributed by atoms with van der Waals surface area (Å²) in [5.41, 5.74) is 8.28. The van der Waals surface area contributed by atoms with E-state index in [2.05, 4.69) is 20.4 Å². The van der Waals surface area contributed by atoms with Crippen molar-refractivity contribution in [2.75, 3.05) is 19.9 Å². The number of anilines is 1. The number of amides is 1. The van der Waals surface area contributed by atoms with Crippen LogP contribution in [0.2, 0.25) is 0 Å². The number of carbonyl (C=O) groups excluding carboxylic acids is 1. The van der Waals surface area contributed by atoms with E-state index in [1.165, 1.54) is 51.3 Å². The van der Waals surface area contributed by atoms with Crippen LogP contribution in [-0.4, -0.2) is 39.6 Å². The molecule has 0 aliphatic heterocycles. The second kappa shape index (κ2) is 9.86. The molecule has 8 nitrogen and oxygen atoms in total. The van der Waals surface area contributed by atoms with Crippen LogP contribution in [-0.2, 0) is 0 Å². The van der Waals surface area contributed by atoms with Gasteiger partial charge in [-0.05, 0) is 12.1 Å². The predicted molar refractivity (Wildman–Crippen MR) is 113 cm³/mol. The molecule has 3 aromatic rings. The van der Waals surface area contributed by atoms with Crippen LogP contribution in [0.3, 0.4) is 0 Å². The molecule has 1 aliphatic rings. The molecule has 0 radical (unpaired) electrons. The van der Waals surface area contributed by atoms with Gasteiger partial charge in [-0.3, -0.25) is 4.79 Å².